The standard InChI is InChI=1S/C9H17NO/c10-4-9(7-2-1-3-7)8-5-11-6-8/h7-9H,1-6,10H2. The van der Waals surface area contributed by atoms with E-state index in [4.69, 9.17) is 10.5 Å². The fourth-order valence-corrected chi connectivity index (χ4v) is 2.14. The fraction of sp³-hybridized carbons (Fsp3) is 1.00. The monoisotopic (exact) mass is 155 g/mol. The van der Waals surface area contributed by atoms with Crippen LogP contribution < -0.4 is 5.73 Å². The molecule has 2 heteroatoms. The Balaban J connectivity index is 1.83. The largest absolute Gasteiger partial charge is 0.381 e. The van der Waals surface area contributed by atoms with Gasteiger partial charge in [-0.2, -0.15) is 0 Å². The van der Waals surface area contributed by atoms with Gasteiger partial charge in [-0.05, 0) is 18.4 Å². The molecule has 2 N–H and O–H groups in total. The molecule has 2 fully saturated rings. The average Bonchev–Trinajstić information content (AvgIpc) is 1.78. The molecule has 0 amide bonds. The third-order valence-electron chi connectivity index (χ3n) is 3.30. The summed E-state index contributed by atoms with van der Waals surface area (Å²) in [7, 11) is 0. The van der Waals surface area contributed by atoms with E-state index < -0.39 is 0 Å². The van der Waals surface area contributed by atoms with Crippen LogP contribution in [0.15, 0.2) is 0 Å². The van der Waals surface area contributed by atoms with E-state index in [9.17, 15) is 0 Å². The maximum Gasteiger partial charge on any atom is 0.0519 e. The van der Waals surface area contributed by atoms with E-state index >= 15 is 0 Å². The molecule has 0 aromatic heterocycles. The number of nitrogens with two attached hydrogens (primary N) is 1. The highest BCUT2D eigenvalue weighted by molar-refractivity contribution is 4.85. The second kappa shape index (κ2) is 3.11. The van der Waals surface area contributed by atoms with Crippen LogP contribution in [-0.2, 0) is 4.74 Å². The minimum Gasteiger partial charge on any atom is -0.381 e. The van der Waals surface area contributed by atoms with Gasteiger partial charge in [-0.15, -0.1) is 0 Å². The summed E-state index contributed by atoms with van der Waals surface area (Å²) in [5.41, 5.74) is 5.74. The highest BCUT2D eigenvalue weighted by Crippen LogP contribution is 2.38. The molecular formula is C9H17NO. The summed E-state index contributed by atoms with van der Waals surface area (Å²) < 4.78 is 5.18. The third-order valence-corrected chi connectivity index (χ3v) is 3.30. The lowest BCUT2D eigenvalue weighted by atomic mass is 9.70. The SMILES string of the molecule is NCC(C1CCC1)C1COC1. The van der Waals surface area contributed by atoms with Crippen molar-refractivity contribution in [2.45, 2.75) is 19.3 Å². The molecule has 11 heavy (non-hydrogen) atoms. The number of hydrogen-bond acceptors (Lipinski definition) is 2. The Labute approximate surface area is 68.1 Å². The molecule has 1 aliphatic heterocycles. The van der Waals surface area contributed by atoms with Crippen molar-refractivity contribution >= 4 is 0 Å². The molecule has 0 aromatic carbocycles. The van der Waals surface area contributed by atoms with Crippen LogP contribution in [0.1, 0.15) is 19.3 Å². The van der Waals surface area contributed by atoms with Gasteiger partial charge in [0.05, 0.1) is 13.2 Å². The lowest BCUT2D eigenvalue weighted by molar-refractivity contribution is -0.0789. The fourth-order valence-electron chi connectivity index (χ4n) is 2.14. The lowest BCUT2D eigenvalue weighted by Crippen LogP contribution is -2.43. The van der Waals surface area contributed by atoms with Crippen molar-refractivity contribution in [2.24, 2.45) is 23.5 Å². The Morgan fingerprint density at radius 3 is 2.27 bits per heavy atom. The zero-order valence-corrected chi connectivity index (χ0v) is 6.96. The van der Waals surface area contributed by atoms with Gasteiger partial charge in [0.2, 0.25) is 0 Å². The van der Waals surface area contributed by atoms with Crippen LogP contribution >= 0.6 is 0 Å². The molecule has 1 unspecified atom stereocenters. The molecule has 64 valence electrons. The Morgan fingerprint density at radius 1 is 1.27 bits per heavy atom. The Hall–Kier alpha value is -0.0800. The summed E-state index contributed by atoms with van der Waals surface area (Å²) in [4.78, 5) is 0. The van der Waals surface area contributed by atoms with Gasteiger partial charge in [0.1, 0.15) is 0 Å². The van der Waals surface area contributed by atoms with Gasteiger partial charge in [0.15, 0.2) is 0 Å². The van der Waals surface area contributed by atoms with E-state index in [0.29, 0.717) is 0 Å². The predicted octanol–water partition coefficient (Wildman–Crippen LogP) is 1.01. The average molecular weight is 155 g/mol. The molecule has 0 bridgehead atoms. The van der Waals surface area contributed by atoms with E-state index in [1.165, 1.54) is 19.3 Å². The molecule has 2 aliphatic rings. The third kappa shape index (κ3) is 1.30. The first-order valence-corrected chi connectivity index (χ1v) is 4.69. The van der Waals surface area contributed by atoms with Crippen LogP contribution in [0, 0.1) is 17.8 Å². The summed E-state index contributed by atoms with van der Waals surface area (Å²) in [6.45, 7) is 2.81. The van der Waals surface area contributed by atoms with Crippen LogP contribution in [0.25, 0.3) is 0 Å². The highest BCUT2D eigenvalue weighted by atomic mass is 16.5. The van der Waals surface area contributed by atoms with E-state index in [-0.39, 0.29) is 0 Å². The summed E-state index contributed by atoms with van der Waals surface area (Å²) in [5, 5.41) is 0. The molecule has 0 spiro atoms. The Kier molecular flexibility index (Phi) is 2.14. The van der Waals surface area contributed by atoms with E-state index in [1.807, 2.05) is 0 Å². The molecule has 1 atom stereocenters. The smallest absolute Gasteiger partial charge is 0.0519 e. The number of ether oxygens (including phenoxy) is 1. The minimum absolute atomic E-state index is 0.775. The van der Waals surface area contributed by atoms with E-state index in [2.05, 4.69) is 0 Å². The molecule has 1 aliphatic carbocycles. The maximum atomic E-state index is 5.74. The second-order valence-electron chi connectivity index (χ2n) is 3.89. The number of hydrogen-bond donors (Lipinski definition) is 1. The van der Waals surface area contributed by atoms with Gasteiger partial charge in [0, 0.05) is 5.92 Å². The van der Waals surface area contributed by atoms with Gasteiger partial charge in [-0.1, -0.05) is 19.3 Å². The van der Waals surface area contributed by atoms with Crippen molar-refractivity contribution in [3.05, 3.63) is 0 Å². The van der Waals surface area contributed by atoms with E-state index in [0.717, 1.165) is 37.5 Å². The van der Waals surface area contributed by atoms with Crippen LogP contribution in [0.5, 0.6) is 0 Å². The van der Waals surface area contributed by atoms with Crippen LogP contribution in [0.4, 0.5) is 0 Å². The Bertz CT molecular complexity index is 116. The first-order chi connectivity index (χ1) is 5.42. The molecule has 0 aromatic rings. The number of rotatable bonds is 3. The van der Waals surface area contributed by atoms with Crippen molar-refractivity contribution in [1.29, 1.82) is 0 Å². The summed E-state index contributed by atoms with van der Waals surface area (Å²) in [6.07, 6.45) is 4.26. The second-order valence-corrected chi connectivity index (χ2v) is 3.89. The first kappa shape index (κ1) is 7.56. The van der Waals surface area contributed by atoms with Gasteiger partial charge in [-0.3, -0.25) is 0 Å². The van der Waals surface area contributed by atoms with Gasteiger partial charge < -0.3 is 10.5 Å². The van der Waals surface area contributed by atoms with Crippen LogP contribution in [-0.4, -0.2) is 19.8 Å². The van der Waals surface area contributed by atoms with Crippen LogP contribution in [0.3, 0.4) is 0 Å². The zero-order valence-electron chi connectivity index (χ0n) is 6.96. The predicted molar refractivity (Wildman–Crippen MR) is 44.2 cm³/mol. The normalized spacial score (nSPS) is 29.2. The molecule has 2 rings (SSSR count). The molecule has 0 radical (unpaired) electrons. The van der Waals surface area contributed by atoms with Crippen molar-refractivity contribution in [3.8, 4) is 0 Å². The maximum absolute atomic E-state index is 5.74. The highest BCUT2D eigenvalue weighted by Gasteiger charge is 2.35. The topological polar surface area (TPSA) is 35.2 Å². The molecule has 1 heterocycles. The van der Waals surface area contributed by atoms with Gasteiger partial charge in [0.25, 0.3) is 0 Å². The summed E-state index contributed by atoms with van der Waals surface area (Å²) >= 11 is 0. The molecular weight excluding hydrogens is 138 g/mol. The van der Waals surface area contributed by atoms with Crippen molar-refractivity contribution in [2.75, 3.05) is 19.8 Å². The Morgan fingerprint density at radius 2 is 2.00 bits per heavy atom. The first-order valence-electron chi connectivity index (χ1n) is 4.69. The van der Waals surface area contributed by atoms with Gasteiger partial charge >= 0.3 is 0 Å². The molecule has 1 saturated carbocycles. The minimum atomic E-state index is 0.775. The van der Waals surface area contributed by atoms with Crippen molar-refractivity contribution < 1.29 is 4.74 Å². The van der Waals surface area contributed by atoms with E-state index in [1.54, 1.807) is 0 Å². The molecule has 1 saturated heterocycles. The summed E-state index contributed by atoms with van der Waals surface area (Å²) in [5.74, 6) is 2.51. The van der Waals surface area contributed by atoms with Gasteiger partial charge in [-0.25, -0.2) is 0 Å². The zero-order chi connectivity index (χ0) is 7.68. The van der Waals surface area contributed by atoms with Crippen molar-refractivity contribution in [1.82, 2.24) is 0 Å². The van der Waals surface area contributed by atoms with Crippen LogP contribution in [0.2, 0.25) is 0 Å². The van der Waals surface area contributed by atoms with Crippen molar-refractivity contribution in [3.63, 3.8) is 0 Å². The lowest BCUT2D eigenvalue weighted by Gasteiger charge is -2.41. The molecule has 2 nitrogen and oxygen atoms in total. The quantitative estimate of drug-likeness (QED) is 0.660. The summed E-state index contributed by atoms with van der Waals surface area (Å²) in [6, 6.07) is 0.